The van der Waals surface area contributed by atoms with E-state index in [-0.39, 0.29) is 6.85 Å². The van der Waals surface area contributed by atoms with Gasteiger partial charge in [0.05, 0.1) is 33.5 Å². The van der Waals surface area contributed by atoms with Crippen LogP contribution in [-0.4, -0.2) is 11.4 Å². The van der Waals surface area contributed by atoms with Gasteiger partial charge >= 0.3 is 6.85 Å². The maximum absolute atomic E-state index is 10.4. The lowest BCUT2D eigenvalue weighted by atomic mass is 9.45. The molecule has 40 heavy (non-hydrogen) atoms. The van der Waals surface area contributed by atoms with E-state index in [1.165, 1.54) is 21.8 Å². The summed E-state index contributed by atoms with van der Waals surface area (Å²) in [4.78, 5) is 2.29. The zero-order chi connectivity index (χ0) is 27.2. The highest BCUT2D eigenvalue weighted by molar-refractivity contribution is 6.92. The Balaban J connectivity index is 1.57. The Bertz CT molecular complexity index is 2070. The van der Waals surface area contributed by atoms with E-state index in [9.17, 15) is 10.5 Å². The summed E-state index contributed by atoms with van der Waals surface area (Å²) < 4.78 is 2.38. The average Bonchev–Trinajstić information content (AvgIpc) is 3.34. The molecule has 0 saturated carbocycles. The fourth-order valence-corrected chi connectivity index (χ4v) is 7.19. The second-order valence-electron chi connectivity index (χ2n) is 11.2. The van der Waals surface area contributed by atoms with Crippen LogP contribution in [0.4, 0.5) is 11.4 Å². The van der Waals surface area contributed by atoms with Crippen LogP contribution in [-0.2, 0) is 5.41 Å². The summed E-state index contributed by atoms with van der Waals surface area (Å²) in [5.41, 5.74) is 10.5. The van der Waals surface area contributed by atoms with Crippen LogP contribution in [0.25, 0.3) is 27.5 Å². The standard InChI is InChI=1S/C35H23BN4/c1-35(2)26-14-7-10-22(20-37)32(26)40(33-23(21-38)11-8-15-27(33)35)36-28-16-4-6-19-31(28)39-30-18-5-3-12-24(30)25-13-9-17-29(36)34(25)39/h3-19H,1-2H3. The quantitative estimate of drug-likeness (QED) is 0.240. The van der Waals surface area contributed by atoms with E-state index in [2.05, 4.69) is 114 Å². The molecule has 6 aromatic rings. The number of nitriles is 2. The number of para-hydroxylation sites is 5. The van der Waals surface area contributed by atoms with Gasteiger partial charge < -0.3 is 9.38 Å². The third-order valence-electron chi connectivity index (χ3n) is 8.89. The molecular formula is C35H23BN4. The van der Waals surface area contributed by atoms with Gasteiger partial charge in [0.25, 0.3) is 0 Å². The second-order valence-corrected chi connectivity index (χ2v) is 11.2. The van der Waals surface area contributed by atoms with Gasteiger partial charge in [-0.1, -0.05) is 92.7 Å². The summed E-state index contributed by atoms with van der Waals surface area (Å²) in [5, 5.41) is 23.2. The van der Waals surface area contributed by atoms with Crippen molar-refractivity contribution < 1.29 is 0 Å². The van der Waals surface area contributed by atoms with Crippen molar-refractivity contribution in [2.45, 2.75) is 19.3 Å². The minimum Gasteiger partial charge on any atom is -0.374 e. The molecule has 0 amide bonds. The fraction of sp³-hybridized carbons (Fsp3) is 0.0857. The topological polar surface area (TPSA) is 55.8 Å². The molecule has 0 unspecified atom stereocenters. The first-order valence-electron chi connectivity index (χ1n) is 13.5. The van der Waals surface area contributed by atoms with Gasteiger partial charge in [-0.25, -0.2) is 0 Å². The minimum absolute atomic E-state index is 0.241. The molecule has 0 N–H and O–H groups in total. The number of rotatable bonds is 1. The number of aromatic nitrogens is 1. The Morgan fingerprint density at radius 3 is 1.90 bits per heavy atom. The first kappa shape index (κ1) is 22.7. The van der Waals surface area contributed by atoms with E-state index < -0.39 is 5.41 Å². The van der Waals surface area contributed by atoms with E-state index >= 15 is 0 Å². The fourth-order valence-electron chi connectivity index (χ4n) is 7.19. The van der Waals surface area contributed by atoms with Gasteiger partial charge in [0.1, 0.15) is 12.1 Å². The highest BCUT2D eigenvalue weighted by Crippen LogP contribution is 2.52. The molecule has 1 aromatic heterocycles. The first-order chi connectivity index (χ1) is 19.6. The largest absolute Gasteiger partial charge is 0.374 e. The number of hydrogen-bond acceptors (Lipinski definition) is 3. The summed E-state index contributed by atoms with van der Waals surface area (Å²) >= 11 is 0. The van der Waals surface area contributed by atoms with Crippen LogP contribution >= 0.6 is 0 Å². The van der Waals surface area contributed by atoms with Gasteiger partial charge in [0.2, 0.25) is 0 Å². The molecule has 8 rings (SSSR count). The molecule has 0 spiro atoms. The van der Waals surface area contributed by atoms with E-state index in [0.717, 1.165) is 39.1 Å². The number of nitrogens with zero attached hydrogens (tertiary/aromatic N) is 4. The molecule has 0 bridgehead atoms. The van der Waals surface area contributed by atoms with Crippen LogP contribution in [0.15, 0.2) is 103 Å². The predicted octanol–water partition coefficient (Wildman–Crippen LogP) is 6.42. The van der Waals surface area contributed by atoms with Crippen LogP contribution in [0.2, 0.25) is 0 Å². The Labute approximate surface area is 233 Å². The monoisotopic (exact) mass is 510 g/mol. The summed E-state index contributed by atoms with van der Waals surface area (Å²) in [6.07, 6.45) is 0. The first-order valence-corrected chi connectivity index (χ1v) is 13.5. The summed E-state index contributed by atoms with van der Waals surface area (Å²) in [6.45, 7) is 4.14. The van der Waals surface area contributed by atoms with Crippen molar-refractivity contribution >= 4 is 51.0 Å². The third kappa shape index (κ3) is 2.69. The van der Waals surface area contributed by atoms with Crippen LogP contribution in [0, 0.1) is 22.7 Å². The SMILES string of the molecule is CC1(C)c2cccc(C#N)c2N(B2c3ccccc3-n3c4ccccc4c4cccc2c43)c2c(C#N)cccc21. The van der Waals surface area contributed by atoms with Gasteiger partial charge in [-0.15, -0.1) is 0 Å². The highest BCUT2D eigenvalue weighted by atomic mass is 15.1. The Morgan fingerprint density at radius 1 is 0.625 bits per heavy atom. The Kier molecular flexibility index (Phi) is 4.47. The minimum atomic E-state index is -0.393. The van der Waals surface area contributed by atoms with E-state index in [1.807, 2.05) is 24.3 Å². The Morgan fingerprint density at radius 2 is 1.20 bits per heavy atom. The lowest BCUT2D eigenvalue weighted by Crippen LogP contribution is -2.60. The molecule has 2 aliphatic heterocycles. The smallest absolute Gasteiger partial charge is 0.332 e. The normalized spacial score (nSPS) is 14.3. The molecule has 5 aromatic carbocycles. The molecule has 0 atom stereocenters. The van der Waals surface area contributed by atoms with Crippen LogP contribution in [0.5, 0.6) is 0 Å². The maximum atomic E-state index is 10.4. The second kappa shape index (κ2) is 7.88. The van der Waals surface area contributed by atoms with E-state index in [0.29, 0.717) is 11.1 Å². The summed E-state index contributed by atoms with van der Waals surface area (Å²) in [6, 6.07) is 40.7. The van der Waals surface area contributed by atoms with E-state index in [4.69, 9.17) is 0 Å². The molecule has 0 radical (unpaired) electrons. The van der Waals surface area contributed by atoms with E-state index in [1.54, 1.807) is 0 Å². The van der Waals surface area contributed by atoms with Gasteiger partial charge in [-0.2, -0.15) is 10.5 Å². The zero-order valence-corrected chi connectivity index (χ0v) is 22.2. The molecule has 2 aliphatic rings. The summed E-state index contributed by atoms with van der Waals surface area (Å²) in [5.74, 6) is 0. The average molecular weight is 510 g/mol. The van der Waals surface area contributed by atoms with Gasteiger partial charge in [0.15, 0.2) is 0 Å². The number of fused-ring (bicyclic) bond motifs is 7. The molecule has 5 heteroatoms. The predicted molar refractivity (Wildman–Crippen MR) is 162 cm³/mol. The number of anilines is 2. The van der Waals surface area contributed by atoms with Crippen molar-refractivity contribution in [3.8, 4) is 17.8 Å². The van der Waals surface area contributed by atoms with Crippen molar-refractivity contribution in [2.75, 3.05) is 4.81 Å². The molecular weight excluding hydrogens is 487 g/mol. The van der Waals surface area contributed by atoms with Crippen molar-refractivity contribution in [3.63, 3.8) is 0 Å². The van der Waals surface area contributed by atoms with Crippen LogP contribution in [0.3, 0.4) is 0 Å². The molecule has 186 valence electrons. The summed E-state index contributed by atoms with van der Waals surface area (Å²) in [7, 11) is 0. The zero-order valence-electron chi connectivity index (χ0n) is 22.2. The molecule has 3 heterocycles. The molecule has 4 nitrogen and oxygen atoms in total. The Hall–Kier alpha value is -5.26. The van der Waals surface area contributed by atoms with Crippen molar-refractivity contribution in [1.29, 1.82) is 10.5 Å². The maximum Gasteiger partial charge on any atom is 0.332 e. The molecule has 0 aliphatic carbocycles. The van der Waals surface area contributed by atoms with Crippen molar-refractivity contribution in [3.05, 3.63) is 125 Å². The highest BCUT2D eigenvalue weighted by Gasteiger charge is 2.46. The van der Waals surface area contributed by atoms with Crippen molar-refractivity contribution in [1.82, 2.24) is 4.57 Å². The van der Waals surface area contributed by atoms with Gasteiger partial charge in [-0.3, -0.25) is 0 Å². The lowest BCUT2D eigenvalue weighted by molar-refractivity contribution is 0.633. The number of benzene rings is 5. The number of hydrogen-bond donors (Lipinski definition) is 0. The molecule has 0 saturated heterocycles. The van der Waals surface area contributed by atoms with Gasteiger partial charge in [0, 0.05) is 21.9 Å². The molecule has 0 fully saturated rings. The van der Waals surface area contributed by atoms with Gasteiger partial charge in [-0.05, 0) is 46.3 Å². The third-order valence-corrected chi connectivity index (χ3v) is 8.89. The lowest BCUT2D eigenvalue weighted by Gasteiger charge is -2.46. The van der Waals surface area contributed by atoms with Crippen molar-refractivity contribution in [2.24, 2.45) is 0 Å². The van der Waals surface area contributed by atoms with Crippen LogP contribution < -0.4 is 15.7 Å². The van der Waals surface area contributed by atoms with Crippen LogP contribution in [0.1, 0.15) is 36.1 Å².